The van der Waals surface area contributed by atoms with Crippen molar-refractivity contribution in [2.75, 3.05) is 0 Å². The zero-order chi connectivity index (χ0) is 19.5. The van der Waals surface area contributed by atoms with Gasteiger partial charge in [0, 0.05) is 23.6 Å². The number of benzene rings is 1. The Hall–Kier alpha value is -3.55. The summed E-state index contributed by atoms with van der Waals surface area (Å²) in [6.45, 7) is 3.87. The largest absolute Gasteiger partial charge is 0.417 e. The highest BCUT2D eigenvalue weighted by Crippen LogP contribution is 2.25. The Balaban J connectivity index is 1.39. The second kappa shape index (κ2) is 7.59. The Morgan fingerprint density at radius 3 is 2.82 bits per heavy atom. The number of nitrogens with one attached hydrogen (secondary N) is 1. The predicted octanol–water partition coefficient (Wildman–Crippen LogP) is 3.14. The molecule has 4 rings (SSSR count). The molecular formula is C20H19N5O3. The molecule has 0 spiro atoms. The second-order valence-electron chi connectivity index (χ2n) is 6.46. The average molecular weight is 377 g/mol. The molecule has 0 aliphatic heterocycles. The number of rotatable bonds is 6. The number of aryl methyl sites for hydroxylation is 2. The summed E-state index contributed by atoms with van der Waals surface area (Å²) in [4.78, 5) is 16.5. The van der Waals surface area contributed by atoms with Crippen LogP contribution in [0.1, 0.15) is 29.3 Å². The van der Waals surface area contributed by atoms with Crippen LogP contribution in [0.2, 0.25) is 0 Å². The summed E-state index contributed by atoms with van der Waals surface area (Å²) in [5.74, 6) is 1.30. The van der Waals surface area contributed by atoms with Gasteiger partial charge in [0.15, 0.2) is 0 Å². The van der Waals surface area contributed by atoms with Gasteiger partial charge >= 0.3 is 0 Å². The Morgan fingerprint density at radius 2 is 2.00 bits per heavy atom. The predicted molar refractivity (Wildman–Crippen MR) is 101 cm³/mol. The van der Waals surface area contributed by atoms with E-state index < -0.39 is 0 Å². The number of nitrogens with zero attached hydrogens (tertiary/aromatic N) is 4. The minimum atomic E-state index is -0.108. The van der Waals surface area contributed by atoms with E-state index in [0.717, 1.165) is 27.8 Å². The minimum Gasteiger partial charge on any atom is -0.417 e. The van der Waals surface area contributed by atoms with E-state index in [2.05, 4.69) is 25.7 Å². The zero-order valence-electron chi connectivity index (χ0n) is 15.6. The normalized spacial score (nSPS) is 11.1. The van der Waals surface area contributed by atoms with Crippen LogP contribution in [0.15, 0.2) is 45.5 Å². The van der Waals surface area contributed by atoms with Crippen molar-refractivity contribution in [1.29, 1.82) is 0 Å². The molecule has 0 bridgehead atoms. The summed E-state index contributed by atoms with van der Waals surface area (Å²) in [6.07, 6.45) is 2.61. The SMILES string of the molecule is Cc1noc(C)c1CCC(=O)NCc1nnc(-c2nccc3ccccc23)o1. The summed E-state index contributed by atoms with van der Waals surface area (Å²) in [5, 5.41) is 16.8. The highest BCUT2D eigenvalue weighted by atomic mass is 16.5. The van der Waals surface area contributed by atoms with Gasteiger partial charge in [0.25, 0.3) is 5.89 Å². The second-order valence-corrected chi connectivity index (χ2v) is 6.46. The van der Waals surface area contributed by atoms with Crippen LogP contribution in [-0.4, -0.2) is 26.2 Å². The number of aromatic nitrogens is 4. The summed E-state index contributed by atoms with van der Waals surface area (Å²) in [7, 11) is 0. The molecule has 3 aromatic heterocycles. The van der Waals surface area contributed by atoms with Crippen LogP contribution in [0, 0.1) is 13.8 Å². The van der Waals surface area contributed by atoms with E-state index in [1.165, 1.54) is 0 Å². The fourth-order valence-corrected chi connectivity index (χ4v) is 3.07. The van der Waals surface area contributed by atoms with Crippen LogP contribution < -0.4 is 5.32 Å². The van der Waals surface area contributed by atoms with Gasteiger partial charge < -0.3 is 14.3 Å². The number of hydrogen-bond donors (Lipinski definition) is 1. The van der Waals surface area contributed by atoms with E-state index in [1.807, 2.05) is 44.2 Å². The molecule has 8 nitrogen and oxygen atoms in total. The first kappa shape index (κ1) is 17.8. The van der Waals surface area contributed by atoms with Gasteiger partial charge in [-0.2, -0.15) is 0 Å². The van der Waals surface area contributed by atoms with E-state index in [-0.39, 0.29) is 12.5 Å². The van der Waals surface area contributed by atoms with Crippen LogP contribution in [0.5, 0.6) is 0 Å². The lowest BCUT2D eigenvalue weighted by Crippen LogP contribution is -2.23. The topological polar surface area (TPSA) is 107 Å². The highest BCUT2D eigenvalue weighted by Gasteiger charge is 2.15. The van der Waals surface area contributed by atoms with Gasteiger partial charge in [-0.25, -0.2) is 0 Å². The first-order valence-corrected chi connectivity index (χ1v) is 8.97. The van der Waals surface area contributed by atoms with E-state index >= 15 is 0 Å². The molecule has 28 heavy (non-hydrogen) atoms. The summed E-state index contributed by atoms with van der Waals surface area (Å²) < 4.78 is 10.8. The Kier molecular flexibility index (Phi) is 4.84. The summed E-state index contributed by atoms with van der Waals surface area (Å²) in [5.41, 5.74) is 2.41. The lowest BCUT2D eigenvalue weighted by Gasteiger charge is -2.03. The van der Waals surface area contributed by atoms with Crippen LogP contribution in [0.3, 0.4) is 0 Å². The average Bonchev–Trinajstić information content (AvgIpc) is 3.31. The molecule has 0 unspecified atom stereocenters. The zero-order valence-corrected chi connectivity index (χ0v) is 15.6. The lowest BCUT2D eigenvalue weighted by molar-refractivity contribution is -0.121. The molecule has 0 aliphatic rings. The van der Waals surface area contributed by atoms with Crippen LogP contribution in [-0.2, 0) is 17.8 Å². The van der Waals surface area contributed by atoms with Crippen molar-refractivity contribution in [3.63, 3.8) is 0 Å². The van der Waals surface area contributed by atoms with Crippen molar-refractivity contribution in [2.24, 2.45) is 0 Å². The third-order valence-corrected chi connectivity index (χ3v) is 4.56. The number of carbonyl (C=O) groups is 1. The molecule has 0 radical (unpaired) electrons. The number of amides is 1. The molecule has 1 N–H and O–H groups in total. The fourth-order valence-electron chi connectivity index (χ4n) is 3.07. The quantitative estimate of drug-likeness (QED) is 0.550. The number of hydrogen-bond acceptors (Lipinski definition) is 7. The summed E-state index contributed by atoms with van der Waals surface area (Å²) >= 11 is 0. The highest BCUT2D eigenvalue weighted by molar-refractivity contribution is 5.92. The molecule has 0 aliphatic carbocycles. The van der Waals surface area contributed by atoms with Gasteiger partial charge in [0.2, 0.25) is 11.8 Å². The monoisotopic (exact) mass is 377 g/mol. The maximum atomic E-state index is 12.1. The molecule has 1 aromatic carbocycles. The third-order valence-electron chi connectivity index (χ3n) is 4.56. The van der Waals surface area contributed by atoms with Gasteiger partial charge in [-0.05, 0) is 31.7 Å². The standard InChI is InChI=1S/C20H19N5O3/c1-12-15(13(2)28-25-12)7-8-17(26)22-11-18-23-24-20(27-18)19-16-6-4-3-5-14(16)9-10-21-19/h3-6,9-10H,7-8,11H2,1-2H3,(H,22,26). The number of fused-ring (bicyclic) bond motifs is 1. The molecule has 0 atom stereocenters. The maximum absolute atomic E-state index is 12.1. The number of pyridine rings is 1. The molecule has 142 valence electrons. The van der Waals surface area contributed by atoms with Crippen molar-refractivity contribution < 1.29 is 13.7 Å². The molecule has 3 heterocycles. The smallest absolute Gasteiger partial charge is 0.266 e. The fraction of sp³-hybridized carbons (Fsp3) is 0.250. The van der Waals surface area contributed by atoms with Crippen molar-refractivity contribution in [2.45, 2.75) is 33.2 Å². The number of carbonyl (C=O) groups excluding carboxylic acids is 1. The van der Waals surface area contributed by atoms with E-state index in [1.54, 1.807) is 6.20 Å². The van der Waals surface area contributed by atoms with Gasteiger partial charge in [0.1, 0.15) is 11.5 Å². The minimum absolute atomic E-state index is 0.108. The third kappa shape index (κ3) is 3.62. The first-order chi connectivity index (χ1) is 13.6. The first-order valence-electron chi connectivity index (χ1n) is 8.97. The molecule has 0 saturated heterocycles. The Bertz CT molecular complexity index is 1110. The summed E-state index contributed by atoms with van der Waals surface area (Å²) in [6, 6.07) is 9.78. The molecule has 0 saturated carbocycles. The van der Waals surface area contributed by atoms with Gasteiger partial charge in [-0.3, -0.25) is 9.78 Å². The lowest BCUT2D eigenvalue weighted by atomic mass is 10.1. The van der Waals surface area contributed by atoms with Crippen molar-refractivity contribution in [3.8, 4) is 11.6 Å². The van der Waals surface area contributed by atoms with E-state index in [4.69, 9.17) is 8.94 Å². The van der Waals surface area contributed by atoms with Gasteiger partial charge in [-0.1, -0.05) is 29.4 Å². The van der Waals surface area contributed by atoms with Crippen molar-refractivity contribution >= 4 is 16.7 Å². The molecule has 1 amide bonds. The van der Waals surface area contributed by atoms with Crippen molar-refractivity contribution in [1.82, 2.24) is 25.7 Å². The maximum Gasteiger partial charge on any atom is 0.266 e. The van der Waals surface area contributed by atoms with Gasteiger partial charge in [-0.15, -0.1) is 10.2 Å². The van der Waals surface area contributed by atoms with E-state index in [0.29, 0.717) is 30.3 Å². The van der Waals surface area contributed by atoms with Crippen LogP contribution >= 0.6 is 0 Å². The molecule has 8 heteroatoms. The van der Waals surface area contributed by atoms with Gasteiger partial charge in [0.05, 0.1) is 12.2 Å². The molecular weight excluding hydrogens is 358 g/mol. The van der Waals surface area contributed by atoms with Crippen LogP contribution in [0.4, 0.5) is 0 Å². The Labute approximate surface area is 161 Å². The van der Waals surface area contributed by atoms with E-state index in [9.17, 15) is 4.79 Å². The molecule has 4 aromatic rings. The molecule has 0 fully saturated rings. The Morgan fingerprint density at radius 1 is 1.14 bits per heavy atom. The van der Waals surface area contributed by atoms with Crippen LogP contribution in [0.25, 0.3) is 22.4 Å². The van der Waals surface area contributed by atoms with Crippen molar-refractivity contribution in [3.05, 3.63) is 59.4 Å².